The Morgan fingerprint density at radius 1 is 1.04 bits per heavy atom. The van der Waals surface area contributed by atoms with Crippen LogP contribution in [0.5, 0.6) is 0 Å². The highest BCUT2D eigenvalue weighted by atomic mass is 16.1. The number of carbonyl (C=O) groups is 1. The fourth-order valence-electron chi connectivity index (χ4n) is 2.59. The van der Waals surface area contributed by atoms with Crippen molar-refractivity contribution in [2.24, 2.45) is 0 Å². The molecule has 2 N–H and O–H groups in total. The second-order valence-electron chi connectivity index (χ2n) is 5.95. The number of nitrogens with one attached hydrogen (secondary N) is 2. The summed E-state index contributed by atoms with van der Waals surface area (Å²) in [4.78, 5) is 20.6. The molecule has 0 aliphatic heterocycles. The van der Waals surface area contributed by atoms with Gasteiger partial charge in [-0.3, -0.25) is 4.79 Å². The zero-order valence-corrected chi connectivity index (χ0v) is 14.7. The molecule has 6 nitrogen and oxygen atoms in total. The smallest absolute Gasteiger partial charge is 0.274 e. The molecule has 0 atom stereocenters. The normalized spacial score (nSPS) is 10.0. The lowest BCUT2D eigenvalue weighted by molar-refractivity contribution is 0.102. The van der Waals surface area contributed by atoms with Crippen molar-refractivity contribution in [3.63, 3.8) is 0 Å². The van der Waals surface area contributed by atoms with E-state index in [4.69, 9.17) is 5.26 Å². The molecule has 0 radical (unpaired) electrons. The van der Waals surface area contributed by atoms with E-state index in [0.29, 0.717) is 17.1 Å². The zero-order valence-electron chi connectivity index (χ0n) is 14.7. The maximum Gasteiger partial charge on any atom is 0.274 e. The van der Waals surface area contributed by atoms with Crippen molar-refractivity contribution in [2.75, 3.05) is 17.2 Å². The lowest BCUT2D eigenvalue weighted by atomic mass is 10.1. The molecule has 27 heavy (non-hydrogen) atoms. The standard InChI is InChI=1S/C21H19N5O/c22-14-17-8-4-10-18(12-17)26-21(27)19-13-20(25-15-24-19)23-11-5-9-16-6-2-1-3-7-16/h1-4,6-8,10,12-13,15H,5,9,11H2,(H,26,27)(H,23,24,25). The summed E-state index contributed by atoms with van der Waals surface area (Å²) in [6.45, 7) is 0.747. The van der Waals surface area contributed by atoms with Gasteiger partial charge in [-0.15, -0.1) is 0 Å². The van der Waals surface area contributed by atoms with Crippen molar-refractivity contribution in [1.29, 1.82) is 5.26 Å². The van der Waals surface area contributed by atoms with Crippen LogP contribution in [0.15, 0.2) is 67.0 Å². The Hall–Kier alpha value is -3.72. The van der Waals surface area contributed by atoms with Gasteiger partial charge in [0.2, 0.25) is 0 Å². The molecule has 0 unspecified atom stereocenters. The van der Waals surface area contributed by atoms with Gasteiger partial charge >= 0.3 is 0 Å². The van der Waals surface area contributed by atoms with Gasteiger partial charge < -0.3 is 10.6 Å². The number of anilines is 2. The molecule has 0 saturated carbocycles. The Labute approximate surface area is 157 Å². The molecule has 3 aromatic rings. The highest BCUT2D eigenvalue weighted by molar-refractivity contribution is 6.03. The SMILES string of the molecule is N#Cc1cccc(NC(=O)c2cc(NCCCc3ccccc3)ncn2)c1. The van der Waals surface area contributed by atoms with E-state index in [0.717, 1.165) is 19.4 Å². The Kier molecular flexibility index (Phi) is 6.10. The first-order valence-electron chi connectivity index (χ1n) is 8.66. The van der Waals surface area contributed by atoms with Crippen molar-refractivity contribution in [2.45, 2.75) is 12.8 Å². The average Bonchev–Trinajstić information content (AvgIpc) is 2.72. The van der Waals surface area contributed by atoms with Crippen LogP contribution in [0.3, 0.4) is 0 Å². The van der Waals surface area contributed by atoms with E-state index in [9.17, 15) is 4.79 Å². The van der Waals surface area contributed by atoms with Gasteiger partial charge in [-0.25, -0.2) is 9.97 Å². The van der Waals surface area contributed by atoms with Crippen molar-refractivity contribution in [3.8, 4) is 6.07 Å². The number of aryl methyl sites for hydroxylation is 1. The highest BCUT2D eigenvalue weighted by Gasteiger charge is 2.09. The summed E-state index contributed by atoms with van der Waals surface area (Å²) in [5.41, 5.74) is 2.59. The van der Waals surface area contributed by atoms with Crippen LogP contribution >= 0.6 is 0 Å². The monoisotopic (exact) mass is 357 g/mol. The molecule has 1 amide bonds. The van der Waals surface area contributed by atoms with Gasteiger partial charge in [-0.2, -0.15) is 5.26 Å². The first-order valence-corrected chi connectivity index (χ1v) is 8.66. The minimum absolute atomic E-state index is 0.262. The molecular weight excluding hydrogens is 338 g/mol. The van der Waals surface area contributed by atoms with Crippen molar-refractivity contribution >= 4 is 17.4 Å². The Balaban J connectivity index is 1.54. The summed E-state index contributed by atoms with van der Waals surface area (Å²) in [6, 6.07) is 20.7. The van der Waals surface area contributed by atoms with Gasteiger partial charge in [0.15, 0.2) is 0 Å². The molecule has 0 bridgehead atoms. The summed E-state index contributed by atoms with van der Waals surface area (Å²) in [5.74, 6) is 0.258. The van der Waals surface area contributed by atoms with E-state index in [1.807, 2.05) is 24.3 Å². The van der Waals surface area contributed by atoms with E-state index in [1.54, 1.807) is 30.3 Å². The van der Waals surface area contributed by atoms with E-state index >= 15 is 0 Å². The zero-order chi connectivity index (χ0) is 18.9. The molecule has 0 aliphatic rings. The maximum absolute atomic E-state index is 12.4. The van der Waals surface area contributed by atoms with Gasteiger partial charge in [-0.1, -0.05) is 36.4 Å². The molecule has 1 heterocycles. The summed E-state index contributed by atoms with van der Waals surface area (Å²) >= 11 is 0. The fraction of sp³-hybridized carbons (Fsp3) is 0.143. The van der Waals surface area contributed by atoms with Crippen LogP contribution in [0, 0.1) is 11.3 Å². The third-order valence-corrected chi connectivity index (χ3v) is 3.94. The van der Waals surface area contributed by atoms with Crippen LogP contribution < -0.4 is 10.6 Å². The minimum atomic E-state index is -0.347. The summed E-state index contributed by atoms with van der Waals surface area (Å²) in [6.07, 6.45) is 3.29. The quantitative estimate of drug-likeness (QED) is 0.630. The molecule has 2 aromatic carbocycles. The number of benzene rings is 2. The predicted molar refractivity (Wildman–Crippen MR) is 104 cm³/mol. The molecule has 6 heteroatoms. The number of hydrogen-bond acceptors (Lipinski definition) is 5. The van der Waals surface area contributed by atoms with Gasteiger partial charge in [-0.05, 0) is 36.6 Å². The van der Waals surface area contributed by atoms with Crippen LogP contribution in [0.4, 0.5) is 11.5 Å². The number of nitriles is 1. The van der Waals surface area contributed by atoms with Crippen molar-refractivity contribution in [3.05, 3.63) is 83.8 Å². The lowest BCUT2D eigenvalue weighted by Gasteiger charge is -2.08. The molecule has 0 aliphatic carbocycles. The number of carbonyl (C=O) groups excluding carboxylic acids is 1. The fourth-order valence-corrected chi connectivity index (χ4v) is 2.59. The summed E-state index contributed by atoms with van der Waals surface area (Å²) in [7, 11) is 0. The number of aromatic nitrogens is 2. The van der Waals surface area contributed by atoms with Gasteiger partial charge in [0.25, 0.3) is 5.91 Å². The third-order valence-electron chi connectivity index (χ3n) is 3.94. The summed E-state index contributed by atoms with van der Waals surface area (Å²) in [5, 5.41) is 14.9. The first-order chi connectivity index (χ1) is 13.2. The van der Waals surface area contributed by atoms with E-state index < -0.39 is 0 Å². The molecule has 0 fully saturated rings. The maximum atomic E-state index is 12.4. The largest absolute Gasteiger partial charge is 0.370 e. The minimum Gasteiger partial charge on any atom is -0.370 e. The first kappa shape index (κ1) is 18.1. The van der Waals surface area contributed by atoms with Crippen LogP contribution in [0.2, 0.25) is 0 Å². The molecular formula is C21H19N5O. The average molecular weight is 357 g/mol. The van der Waals surface area contributed by atoms with Crippen molar-refractivity contribution < 1.29 is 4.79 Å². The van der Waals surface area contributed by atoms with E-state index in [1.165, 1.54) is 11.9 Å². The molecule has 0 saturated heterocycles. The van der Waals surface area contributed by atoms with Gasteiger partial charge in [0.1, 0.15) is 17.8 Å². The van der Waals surface area contributed by atoms with Crippen molar-refractivity contribution in [1.82, 2.24) is 9.97 Å². The van der Waals surface area contributed by atoms with Crippen LogP contribution in [0.25, 0.3) is 0 Å². The Bertz CT molecular complexity index is 950. The highest BCUT2D eigenvalue weighted by Crippen LogP contribution is 2.12. The van der Waals surface area contributed by atoms with Crippen LogP contribution in [-0.2, 0) is 6.42 Å². The second-order valence-corrected chi connectivity index (χ2v) is 5.95. The topological polar surface area (TPSA) is 90.7 Å². The predicted octanol–water partition coefficient (Wildman–Crippen LogP) is 3.65. The number of rotatable bonds is 7. The second kappa shape index (κ2) is 9.11. The molecule has 3 rings (SSSR count). The Morgan fingerprint density at radius 3 is 2.70 bits per heavy atom. The third kappa shape index (κ3) is 5.38. The van der Waals surface area contributed by atoms with Gasteiger partial charge in [0.05, 0.1) is 11.6 Å². The molecule has 1 aromatic heterocycles. The van der Waals surface area contributed by atoms with Crippen LogP contribution in [0.1, 0.15) is 28.0 Å². The lowest BCUT2D eigenvalue weighted by Crippen LogP contribution is -2.15. The molecule has 0 spiro atoms. The van der Waals surface area contributed by atoms with E-state index in [2.05, 4.69) is 32.7 Å². The molecule has 134 valence electrons. The Morgan fingerprint density at radius 2 is 1.89 bits per heavy atom. The van der Waals surface area contributed by atoms with Crippen LogP contribution in [-0.4, -0.2) is 22.4 Å². The van der Waals surface area contributed by atoms with E-state index in [-0.39, 0.29) is 11.6 Å². The number of hydrogen-bond donors (Lipinski definition) is 2. The van der Waals surface area contributed by atoms with Gasteiger partial charge in [0, 0.05) is 18.3 Å². The number of amides is 1. The number of nitrogens with zero attached hydrogens (tertiary/aromatic N) is 3. The summed E-state index contributed by atoms with van der Waals surface area (Å²) < 4.78 is 0.